The molecule has 0 saturated heterocycles. The number of rotatable bonds is 2. The van der Waals surface area contributed by atoms with Gasteiger partial charge >= 0.3 is 0 Å². The number of carbonyl (C=O) groups is 1. The molecule has 0 unspecified atom stereocenters. The van der Waals surface area contributed by atoms with E-state index in [-0.39, 0.29) is 5.69 Å². The molecule has 0 radical (unpaired) electrons. The van der Waals surface area contributed by atoms with Gasteiger partial charge in [-0.1, -0.05) is 0 Å². The molecule has 0 heterocycles. The maximum absolute atomic E-state index is 13.0. The molecule has 20 heavy (non-hydrogen) atoms. The first-order valence-corrected chi connectivity index (χ1v) is 6.26. The number of halogens is 3. The summed E-state index contributed by atoms with van der Waals surface area (Å²) in [5, 5.41) is 11.2. The Labute approximate surface area is 122 Å². The molecule has 0 saturated carbocycles. The Bertz CT molecular complexity index is 726. The zero-order valence-electron chi connectivity index (χ0n) is 9.95. The lowest BCUT2D eigenvalue weighted by atomic mass is 10.1. The topological polar surface area (TPSA) is 52.9 Å². The maximum atomic E-state index is 13.0. The molecule has 1 amide bonds. The van der Waals surface area contributed by atoms with Crippen LogP contribution in [0.15, 0.2) is 40.9 Å². The smallest absolute Gasteiger partial charge is 0.255 e. The molecule has 0 aliphatic heterocycles. The lowest BCUT2D eigenvalue weighted by molar-refractivity contribution is 0.102. The van der Waals surface area contributed by atoms with E-state index in [4.69, 9.17) is 5.26 Å². The van der Waals surface area contributed by atoms with Gasteiger partial charge in [0.05, 0.1) is 5.56 Å². The van der Waals surface area contributed by atoms with E-state index >= 15 is 0 Å². The van der Waals surface area contributed by atoms with Gasteiger partial charge in [0.25, 0.3) is 5.91 Å². The second-order valence-electron chi connectivity index (χ2n) is 3.89. The highest BCUT2D eigenvalue weighted by atomic mass is 79.9. The third-order valence-corrected chi connectivity index (χ3v) is 3.19. The average molecular weight is 337 g/mol. The summed E-state index contributed by atoms with van der Waals surface area (Å²) in [5.74, 6) is -2.51. The van der Waals surface area contributed by atoms with Gasteiger partial charge in [-0.15, -0.1) is 0 Å². The Hall–Kier alpha value is -2.26. The zero-order valence-corrected chi connectivity index (χ0v) is 11.5. The van der Waals surface area contributed by atoms with Crippen molar-refractivity contribution >= 4 is 27.5 Å². The van der Waals surface area contributed by atoms with Crippen molar-refractivity contribution in [1.29, 1.82) is 5.26 Å². The predicted molar refractivity (Wildman–Crippen MR) is 73.2 cm³/mol. The molecule has 0 fully saturated rings. The summed E-state index contributed by atoms with van der Waals surface area (Å²) in [6, 6.07) is 9.48. The molecular formula is C14H7BrF2N2O. The van der Waals surface area contributed by atoms with Crippen molar-refractivity contribution in [2.75, 3.05) is 5.32 Å². The SMILES string of the molecule is N#Cc1ccc(C(=O)Nc2ccc(F)c(F)c2)cc1Br. The van der Waals surface area contributed by atoms with E-state index in [1.807, 2.05) is 6.07 Å². The molecule has 2 aromatic rings. The van der Waals surface area contributed by atoms with Crippen molar-refractivity contribution in [2.24, 2.45) is 0 Å². The van der Waals surface area contributed by atoms with Gasteiger partial charge < -0.3 is 5.32 Å². The number of hydrogen-bond donors (Lipinski definition) is 1. The quantitative estimate of drug-likeness (QED) is 0.905. The van der Waals surface area contributed by atoms with E-state index in [1.54, 1.807) is 0 Å². The van der Waals surface area contributed by atoms with Crippen LogP contribution in [0.25, 0.3) is 0 Å². The van der Waals surface area contributed by atoms with Crippen LogP contribution >= 0.6 is 15.9 Å². The monoisotopic (exact) mass is 336 g/mol. The third-order valence-electron chi connectivity index (χ3n) is 2.53. The highest BCUT2D eigenvalue weighted by Crippen LogP contribution is 2.19. The average Bonchev–Trinajstić information content (AvgIpc) is 2.42. The fourth-order valence-electron chi connectivity index (χ4n) is 1.52. The fraction of sp³-hybridized carbons (Fsp3) is 0. The minimum Gasteiger partial charge on any atom is -0.322 e. The van der Waals surface area contributed by atoms with E-state index in [1.165, 1.54) is 24.3 Å². The first-order valence-electron chi connectivity index (χ1n) is 5.47. The molecule has 0 aliphatic carbocycles. The van der Waals surface area contributed by atoms with Gasteiger partial charge in [0.1, 0.15) is 6.07 Å². The third kappa shape index (κ3) is 3.00. The number of nitriles is 1. The van der Waals surface area contributed by atoms with Gasteiger partial charge in [0.2, 0.25) is 0 Å². The Morgan fingerprint density at radius 1 is 1.15 bits per heavy atom. The van der Waals surface area contributed by atoms with E-state index in [9.17, 15) is 13.6 Å². The Morgan fingerprint density at radius 2 is 1.90 bits per heavy atom. The highest BCUT2D eigenvalue weighted by Gasteiger charge is 2.10. The summed E-state index contributed by atoms with van der Waals surface area (Å²) >= 11 is 3.17. The number of nitrogens with zero attached hydrogens (tertiary/aromatic N) is 1. The van der Waals surface area contributed by atoms with Gasteiger partial charge in [-0.3, -0.25) is 4.79 Å². The molecule has 1 N–H and O–H groups in total. The number of benzene rings is 2. The number of anilines is 1. The van der Waals surface area contributed by atoms with Crippen LogP contribution in [0, 0.1) is 23.0 Å². The van der Waals surface area contributed by atoms with Crippen molar-refractivity contribution in [3.8, 4) is 6.07 Å². The van der Waals surface area contributed by atoms with E-state index < -0.39 is 17.5 Å². The van der Waals surface area contributed by atoms with E-state index in [2.05, 4.69) is 21.2 Å². The van der Waals surface area contributed by atoms with Crippen molar-refractivity contribution in [3.05, 3.63) is 63.6 Å². The number of amides is 1. The van der Waals surface area contributed by atoms with Crippen LogP contribution in [0.2, 0.25) is 0 Å². The minimum absolute atomic E-state index is 0.148. The van der Waals surface area contributed by atoms with Crippen LogP contribution in [-0.4, -0.2) is 5.91 Å². The largest absolute Gasteiger partial charge is 0.322 e. The predicted octanol–water partition coefficient (Wildman–Crippen LogP) is 3.85. The van der Waals surface area contributed by atoms with Crippen molar-refractivity contribution in [1.82, 2.24) is 0 Å². The molecule has 2 aromatic carbocycles. The van der Waals surface area contributed by atoms with Gasteiger partial charge in [0, 0.05) is 21.8 Å². The zero-order chi connectivity index (χ0) is 14.7. The lowest BCUT2D eigenvalue weighted by Gasteiger charge is -2.06. The normalized spacial score (nSPS) is 9.90. The summed E-state index contributed by atoms with van der Waals surface area (Å²) < 4.78 is 26.3. The van der Waals surface area contributed by atoms with E-state index in [0.717, 1.165) is 12.1 Å². The van der Waals surface area contributed by atoms with Crippen molar-refractivity contribution < 1.29 is 13.6 Å². The molecule has 0 aromatic heterocycles. The molecule has 0 aliphatic rings. The van der Waals surface area contributed by atoms with E-state index in [0.29, 0.717) is 15.6 Å². The van der Waals surface area contributed by atoms with Crippen LogP contribution in [0.3, 0.4) is 0 Å². The summed E-state index contributed by atoms with van der Waals surface area (Å²) in [4.78, 5) is 11.9. The van der Waals surface area contributed by atoms with Crippen molar-refractivity contribution in [3.63, 3.8) is 0 Å². The lowest BCUT2D eigenvalue weighted by Crippen LogP contribution is -2.12. The maximum Gasteiger partial charge on any atom is 0.255 e. The number of nitrogens with one attached hydrogen (secondary N) is 1. The molecule has 2 rings (SSSR count). The summed E-state index contributed by atoms with van der Waals surface area (Å²) in [6.07, 6.45) is 0. The fourth-order valence-corrected chi connectivity index (χ4v) is 1.99. The Kier molecular flexibility index (Phi) is 4.11. The van der Waals surface area contributed by atoms with Crippen LogP contribution in [0.4, 0.5) is 14.5 Å². The van der Waals surface area contributed by atoms with Crippen LogP contribution in [0.1, 0.15) is 15.9 Å². The Balaban J connectivity index is 2.22. The second kappa shape index (κ2) is 5.80. The summed E-state index contributed by atoms with van der Waals surface area (Å²) in [5.41, 5.74) is 0.837. The summed E-state index contributed by atoms with van der Waals surface area (Å²) in [7, 11) is 0. The molecule has 100 valence electrons. The van der Waals surface area contributed by atoms with Crippen LogP contribution in [0.5, 0.6) is 0 Å². The highest BCUT2D eigenvalue weighted by molar-refractivity contribution is 9.10. The van der Waals surface area contributed by atoms with Gasteiger partial charge in [-0.05, 0) is 46.3 Å². The first kappa shape index (κ1) is 14.2. The van der Waals surface area contributed by atoms with Crippen LogP contribution < -0.4 is 5.32 Å². The molecular weight excluding hydrogens is 330 g/mol. The van der Waals surface area contributed by atoms with Crippen LogP contribution in [-0.2, 0) is 0 Å². The number of hydrogen-bond acceptors (Lipinski definition) is 2. The van der Waals surface area contributed by atoms with Gasteiger partial charge in [-0.2, -0.15) is 5.26 Å². The number of carbonyl (C=O) groups excluding carboxylic acids is 1. The van der Waals surface area contributed by atoms with Gasteiger partial charge in [-0.25, -0.2) is 8.78 Å². The molecule has 3 nitrogen and oxygen atoms in total. The second-order valence-corrected chi connectivity index (χ2v) is 4.74. The summed E-state index contributed by atoms with van der Waals surface area (Å²) in [6.45, 7) is 0. The van der Waals surface area contributed by atoms with Gasteiger partial charge in [0.15, 0.2) is 11.6 Å². The molecule has 6 heteroatoms. The first-order chi connectivity index (χ1) is 9.51. The molecule has 0 atom stereocenters. The molecule has 0 bridgehead atoms. The standard InChI is InChI=1S/C14H7BrF2N2O/c15-11-5-8(1-2-9(11)7-18)14(20)19-10-3-4-12(16)13(17)6-10/h1-6H,(H,19,20). The van der Waals surface area contributed by atoms with Crippen molar-refractivity contribution in [2.45, 2.75) is 0 Å². The Morgan fingerprint density at radius 3 is 2.50 bits per heavy atom. The minimum atomic E-state index is -1.04. The molecule has 0 spiro atoms.